The first kappa shape index (κ1) is 27.1. The zero-order valence-corrected chi connectivity index (χ0v) is 24.3. The van der Waals surface area contributed by atoms with Crippen LogP contribution >= 0.6 is 0 Å². The van der Waals surface area contributed by atoms with Gasteiger partial charge in [-0.2, -0.15) is 0 Å². The summed E-state index contributed by atoms with van der Waals surface area (Å²) in [7, 11) is 1.65. The normalized spacial score (nSPS) is 30.4. The Balaban J connectivity index is 1.22. The molecule has 224 valence electrons. The lowest BCUT2D eigenvalue weighted by atomic mass is 9.65. The molecule has 8 nitrogen and oxygen atoms in total. The molecule has 0 spiro atoms. The van der Waals surface area contributed by atoms with Gasteiger partial charge < -0.3 is 28.8 Å². The zero-order chi connectivity index (χ0) is 29.2. The Kier molecular flexibility index (Phi) is 6.53. The van der Waals surface area contributed by atoms with E-state index in [1.54, 1.807) is 7.11 Å². The minimum absolute atomic E-state index is 0.121. The summed E-state index contributed by atoms with van der Waals surface area (Å²) < 4.78 is 31.5. The third kappa shape index (κ3) is 4.46. The Labute approximate surface area is 251 Å². The van der Waals surface area contributed by atoms with Crippen molar-refractivity contribution in [1.29, 1.82) is 0 Å². The summed E-state index contributed by atoms with van der Waals surface area (Å²) in [6.45, 7) is 1.88. The number of carbonyl (C=O) groups is 1. The lowest BCUT2D eigenvalue weighted by Crippen LogP contribution is -2.67. The maximum atomic E-state index is 14.5. The molecule has 43 heavy (non-hydrogen) atoms. The predicted octanol–water partition coefficient (Wildman–Crippen LogP) is 4.54. The van der Waals surface area contributed by atoms with Gasteiger partial charge in [0.05, 0.1) is 6.10 Å². The highest BCUT2D eigenvalue weighted by atomic mass is 16.7. The molecule has 8 rings (SSSR count). The second-order valence-electron chi connectivity index (χ2n) is 12.8. The van der Waals surface area contributed by atoms with Gasteiger partial charge in [-0.3, -0.25) is 4.90 Å². The quantitative estimate of drug-likeness (QED) is 0.406. The van der Waals surface area contributed by atoms with E-state index in [2.05, 4.69) is 11.0 Å². The molecule has 6 atom stereocenters. The minimum Gasteiger partial charge on any atom is -0.454 e. The first-order valence-electron chi connectivity index (χ1n) is 15.4. The van der Waals surface area contributed by atoms with Crippen molar-refractivity contribution >= 4 is 5.97 Å². The van der Waals surface area contributed by atoms with Crippen LogP contribution in [0, 0.1) is 5.92 Å². The molecule has 0 amide bonds. The third-order valence-corrected chi connectivity index (χ3v) is 10.3. The van der Waals surface area contributed by atoms with Crippen LogP contribution in [0.1, 0.15) is 53.5 Å². The molecule has 4 heterocycles. The maximum absolute atomic E-state index is 14.5. The van der Waals surface area contributed by atoms with Crippen LogP contribution < -0.4 is 9.47 Å². The van der Waals surface area contributed by atoms with E-state index in [0.717, 1.165) is 48.2 Å². The number of rotatable bonds is 7. The molecule has 5 aliphatic rings. The van der Waals surface area contributed by atoms with E-state index in [9.17, 15) is 9.90 Å². The molecular weight excluding hydrogens is 546 g/mol. The van der Waals surface area contributed by atoms with Crippen LogP contribution in [0.3, 0.4) is 0 Å². The highest BCUT2D eigenvalue weighted by Gasteiger charge is 2.64. The highest BCUT2D eigenvalue weighted by Crippen LogP contribution is 2.59. The van der Waals surface area contributed by atoms with Crippen molar-refractivity contribution in [2.45, 2.75) is 67.7 Å². The van der Waals surface area contributed by atoms with E-state index in [1.807, 2.05) is 66.7 Å². The Bertz CT molecular complexity index is 1470. The van der Waals surface area contributed by atoms with Gasteiger partial charge in [0.15, 0.2) is 23.2 Å². The average molecular weight is 584 g/mol. The predicted molar refractivity (Wildman–Crippen MR) is 157 cm³/mol. The van der Waals surface area contributed by atoms with Crippen LogP contribution in [0.5, 0.6) is 11.5 Å². The number of esters is 1. The smallest absolute Gasteiger partial charge is 0.339 e. The molecule has 8 heteroatoms. The number of piperidine rings is 1. The first-order valence-corrected chi connectivity index (χ1v) is 15.4. The fourth-order valence-electron chi connectivity index (χ4n) is 8.43. The summed E-state index contributed by atoms with van der Waals surface area (Å²) in [6, 6.07) is 23.5. The van der Waals surface area contributed by atoms with Crippen molar-refractivity contribution < 1.29 is 33.6 Å². The first-order chi connectivity index (χ1) is 21.0. The minimum atomic E-state index is -1.80. The third-order valence-electron chi connectivity index (χ3n) is 10.3. The fraction of sp³-hybridized carbons (Fsp3) is 0.457. The summed E-state index contributed by atoms with van der Waals surface area (Å²) in [4.78, 5) is 17.0. The number of aliphatic hydroxyl groups is 1. The van der Waals surface area contributed by atoms with Gasteiger partial charge in [-0.25, -0.2) is 4.79 Å². The van der Waals surface area contributed by atoms with Gasteiger partial charge in [0, 0.05) is 44.9 Å². The van der Waals surface area contributed by atoms with Gasteiger partial charge in [-0.15, -0.1) is 0 Å². The molecule has 3 bridgehead atoms. The second kappa shape index (κ2) is 10.3. The summed E-state index contributed by atoms with van der Waals surface area (Å²) in [5.74, 6) is -0.316. The molecule has 1 saturated heterocycles. The summed E-state index contributed by atoms with van der Waals surface area (Å²) in [5.41, 5.74) is 2.00. The van der Waals surface area contributed by atoms with Crippen LogP contribution in [-0.4, -0.2) is 66.5 Å². The molecule has 3 unspecified atom stereocenters. The van der Waals surface area contributed by atoms with Crippen LogP contribution in [0.4, 0.5) is 0 Å². The number of hydrogen-bond donors (Lipinski definition) is 1. The molecule has 3 aromatic carbocycles. The Morgan fingerprint density at radius 3 is 2.30 bits per heavy atom. The summed E-state index contributed by atoms with van der Waals surface area (Å²) in [6.07, 6.45) is 1.97. The van der Waals surface area contributed by atoms with Crippen molar-refractivity contribution in [1.82, 2.24) is 4.90 Å². The molecule has 1 saturated carbocycles. The van der Waals surface area contributed by atoms with Crippen LogP contribution in [0.15, 0.2) is 72.8 Å². The number of carbonyl (C=O) groups excluding carboxylic acids is 1. The number of fused-ring (bicyclic) bond motifs is 2. The Hall–Kier alpha value is -3.43. The van der Waals surface area contributed by atoms with E-state index < -0.39 is 23.5 Å². The number of benzene rings is 3. The van der Waals surface area contributed by atoms with Gasteiger partial charge in [0.1, 0.15) is 0 Å². The van der Waals surface area contributed by atoms with E-state index in [1.165, 1.54) is 0 Å². The Morgan fingerprint density at radius 1 is 1.00 bits per heavy atom. The van der Waals surface area contributed by atoms with E-state index in [0.29, 0.717) is 23.8 Å². The summed E-state index contributed by atoms with van der Waals surface area (Å²) in [5, 5.41) is 12.2. The number of hydrogen-bond acceptors (Lipinski definition) is 8. The number of ether oxygens (including phenoxy) is 5. The van der Waals surface area contributed by atoms with Crippen molar-refractivity contribution in [3.05, 3.63) is 95.1 Å². The van der Waals surface area contributed by atoms with Crippen LogP contribution in [0.25, 0.3) is 0 Å². The molecule has 1 N–H and O–H groups in total. The molecule has 0 radical (unpaired) electrons. The lowest BCUT2D eigenvalue weighted by Gasteiger charge is -2.58. The van der Waals surface area contributed by atoms with E-state index >= 15 is 0 Å². The second-order valence-corrected chi connectivity index (χ2v) is 12.8. The highest BCUT2D eigenvalue weighted by molar-refractivity contribution is 5.80. The summed E-state index contributed by atoms with van der Waals surface area (Å²) >= 11 is 0. The van der Waals surface area contributed by atoms with Crippen LogP contribution in [-0.2, 0) is 31.8 Å². The zero-order valence-electron chi connectivity index (χ0n) is 24.3. The standard InChI is InChI=1S/C35H37NO7/c1-39-35-19-24-13-8-14-36-20-29(43-35)25-15-27-28(41-21-40-27)16-26(25)30(31(24)36)32(35)42-33(37)34(38,17-22-9-4-2-5-10-22)18-23-11-6-3-7-12-23/h2-7,9-12,15-16,24,29-32,38H,8,13-14,17-21H2,1H3/t24-,29?,30+,31?,32+,35?/m1/s1. The molecule has 2 fully saturated rings. The fourth-order valence-corrected chi connectivity index (χ4v) is 8.43. The SMILES string of the molecule is COC12C[C@H]3CCCN4CC(O1)c1cc5c(cc1[C@@H](C34)[C@@H]2OC(=O)C(O)(Cc1ccccc1)Cc1ccccc1)OCO5. The average Bonchev–Trinajstić information content (AvgIpc) is 3.41. The van der Waals surface area contributed by atoms with Crippen molar-refractivity contribution in [3.63, 3.8) is 0 Å². The number of methoxy groups -OCH3 is 1. The Morgan fingerprint density at radius 2 is 1.65 bits per heavy atom. The van der Waals surface area contributed by atoms with Crippen molar-refractivity contribution in [2.24, 2.45) is 5.92 Å². The lowest BCUT2D eigenvalue weighted by molar-refractivity contribution is -0.336. The maximum Gasteiger partial charge on any atom is 0.339 e. The molecule has 4 aliphatic heterocycles. The van der Waals surface area contributed by atoms with Crippen molar-refractivity contribution in [2.75, 3.05) is 27.0 Å². The van der Waals surface area contributed by atoms with E-state index in [4.69, 9.17) is 23.7 Å². The van der Waals surface area contributed by atoms with Crippen molar-refractivity contribution in [3.8, 4) is 11.5 Å². The van der Waals surface area contributed by atoms with Gasteiger partial charge in [0.2, 0.25) is 12.6 Å². The molecule has 0 aromatic heterocycles. The molecular formula is C35H37NO7. The van der Waals surface area contributed by atoms with Crippen LogP contribution in [0.2, 0.25) is 0 Å². The topological polar surface area (TPSA) is 86.7 Å². The van der Waals surface area contributed by atoms with E-state index in [-0.39, 0.29) is 37.7 Å². The number of nitrogens with zero attached hydrogens (tertiary/aromatic N) is 1. The largest absolute Gasteiger partial charge is 0.454 e. The molecule has 3 aromatic rings. The molecule has 1 aliphatic carbocycles. The monoisotopic (exact) mass is 583 g/mol. The van der Waals surface area contributed by atoms with Gasteiger partial charge in [-0.1, -0.05) is 60.7 Å². The van der Waals surface area contributed by atoms with Gasteiger partial charge in [0.25, 0.3) is 0 Å². The van der Waals surface area contributed by atoms with Gasteiger partial charge >= 0.3 is 5.97 Å². The van der Waals surface area contributed by atoms with Gasteiger partial charge in [-0.05, 0) is 59.7 Å².